The number of nitrogens with one attached hydrogen (secondary N) is 2. The van der Waals surface area contributed by atoms with Crippen molar-refractivity contribution in [1.29, 1.82) is 0 Å². The summed E-state index contributed by atoms with van der Waals surface area (Å²) in [7, 11) is -0.554. The van der Waals surface area contributed by atoms with E-state index in [2.05, 4.69) is 15.7 Å². The predicted octanol–water partition coefficient (Wildman–Crippen LogP) is 4.94. The molecule has 0 saturated carbocycles. The Morgan fingerprint density at radius 1 is 1.02 bits per heavy atom. The first-order chi connectivity index (χ1) is 22.5. The molecule has 0 atom stereocenters. The maximum Gasteiger partial charge on any atom is 0.435 e. The molecule has 15 heteroatoms. The number of rotatable bonds is 11. The summed E-state index contributed by atoms with van der Waals surface area (Å²) in [6, 6.07) is 10.7. The van der Waals surface area contributed by atoms with E-state index in [1.807, 2.05) is 19.0 Å². The molecular weight excluding hydrogens is 636 g/mol. The Bertz CT molecular complexity index is 1870. The molecule has 1 aliphatic rings. The zero-order valence-corrected chi connectivity index (χ0v) is 26.9. The Morgan fingerprint density at radius 3 is 2.43 bits per heavy atom. The average Bonchev–Trinajstić information content (AvgIpc) is 3.38. The van der Waals surface area contributed by atoms with Crippen molar-refractivity contribution in [2.24, 2.45) is 0 Å². The molecule has 1 aliphatic heterocycles. The maximum absolute atomic E-state index is 13.9. The Kier molecular flexibility index (Phi) is 10.4. The minimum absolute atomic E-state index is 0.0314. The number of nitrogens with zero attached hydrogens (tertiary/aromatic N) is 3. The molecular formula is C32H35F2N5O7S. The molecule has 2 heterocycles. The largest absolute Gasteiger partial charge is 0.492 e. The van der Waals surface area contributed by atoms with Crippen LogP contribution in [0.4, 0.5) is 25.1 Å². The molecule has 2 N–H and O–H groups in total. The van der Waals surface area contributed by atoms with Crippen molar-refractivity contribution >= 4 is 44.2 Å². The lowest BCUT2D eigenvalue weighted by Gasteiger charge is -2.25. The van der Waals surface area contributed by atoms with Gasteiger partial charge in [0.2, 0.25) is 9.84 Å². The number of hydrogen-bond acceptors (Lipinski definition) is 10. The number of hydrogen-bond donors (Lipinski definition) is 2. The van der Waals surface area contributed by atoms with Crippen molar-refractivity contribution in [2.75, 3.05) is 57.7 Å². The monoisotopic (exact) mass is 671 g/mol. The second kappa shape index (κ2) is 14.4. The summed E-state index contributed by atoms with van der Waals surface area (Å²) in [5.41, 5.74) is 0.880. The highest BCUT2D eigenvalue weighted by Crippen LogP contribution is 2.32. The lowest BCUT2D eigenvalue weighted by Crippen LogP contribution is -2.29. The fourth-order valence-corrected chi connectivity index (χ4v) is 6.34. The molecule has 0 aliphatic carbocycles. The van der Waals surface area contributed by atoms with Gasteiger partial charge in [-0.1, -0.05) is 0 Å². The minimum Gasteiger partial charge on any atom is -0.492 e. The molecule has 0 bridgehead atoms. The summed E-state index contributed by atoms with van der Waals surface area (Å²) >= 11 is 0. The maximum atomic E-state index is 13.9. The van der Waals surface area contributed by atoms with Gasteiger partial charge in [-0.05, 0) is 76.3 Å². The topological polar surface area (TPSA) is 141 Å². The van der Waals surface area contributed by atoms with Crippen molar-refractivity contribution < 1.29 is 41.0 Å². The molecule has 1 aromatic heterocycles. The number of amides is 1. The summed E-state index contributed by atoms with van der Waals surface area (Å²) in [6.45, 7) is 3.90. The van der Waals surface area contributed by atoms with Crippen LogP contribution in [0.15, 0.2) is 64.4 Å². The first-order valence-corrected chi connectivity index (χ1v) is 16.4. The molecule has 3 aromatic carbocycles. The third-order valence-corrected chi connectivity index (χ3v) is 9.14. The minimum atomic E-state index is -4.42. The SMILES string of the molecule is CCOC(=O)n1nc(NC(=O)c2ccc(OCCN(C)C)cc2NC2CCOCC2)c2cc(S(=O)(=O)c3cc(F)cc(F)c3)ccc21. The number of carbonyl (C=O) groups is 2. The first-order valence-electron chi connectivity index (χ1n) is 14.9. The van der Waals surface area contributed by atoms with Crippen molar-refractivity contribution in [1.82, 2.24) is 14.7 Å². The standard InChI is InChI=1S/C32H35F2N5O7S/c1-4-45-32(41)39-29-8-6-24(47(42,43)25-16-20(33)15-21(34)17-25)19-27(29)30(37-39)36-31(40)26-7-5-23(46-14-11-38(2)3)18-28(26)35-22-9-12-44-13-10-22/h5-8,15-19,22,35H,4,9-14H2,1-3H3,(H,36,37,40). The normalized spacial score (nSPS) is 13.9. The molecule has 47 heavy (non-hydrogen) atoms. The highest BCUT2D eigenvalue weighted by Gasteiger charge is 2.26. The number of fused-ring (bicyclic) bond motifs is 1. The van der Waals surface area contributed by atoms with Crippen LogP contribution < -0.4 is 15.4 Å². The molecule has 1 saturated heterocycles. The van der Waals surface area contributed by atoms with Gasteiger partial charge in [0, 0.05) is 43.3 Å². The Labute approximate surface area is 270 Å². The van der Waals surface area contributed by atoms with Crippen LogP contribution in [0, 0.1) is 11.6 Å². The smallest absolute Gasteiger partial charge is 0.435 e. The van der Waals surface area contributed by atoms with Gasteiger partial charge < -0.3 is 29.7 Å². The van der Waals surface area contributed by atoms with E-state index in [1.54, 1.807) is 25.1 Å². The third-order valence-electron chi connectivity index (χ3n) is 7.40. The molecule has 5 rings (SSSR count). The zero-order valence-electron chi connectivity index (χ0n) is 26.1. The number of carbonyl (C=O) groups excluding carboxylic acids is 2. The molecule has 0 spiro atoms. The van der Waals surface area contributed by atoms with Crippen LogP contribution in [0.3, 0.4) is 0 Å². The van der Waals surface area contributed by atoms with Gasteiger partial charge in [0.25, 0.3) is 5.91 Å². The van der Waals surface area contributed by atoms with Gasteiger partial charge in [0.05, 0.1) is 33.2 Å². The van der Waals surface area contributed by atoms with E-state index in [0.29, 0.717) is 56.0 Å². The van der Waals surface area contributed by atoms with E-state index in [4.69, 9.17) is 14.2 Å². The van der Waals surface area contributed by atoms with Crippen LogP contribution in [0.25, 0.3) is 10.9 Å². The van der Waals surface area contributed by atoms with Gasteiger partial charge in [-0.25, -0.2) is 22.0 Å². The quantitative estimate of drug-likeness (QED) is 0.225. The highest BCUT2D eigenvalue weighted by atomic mass is 32.2. The summed E-state index contributed by atoms with van der Waals surface area (Å²) in [5.74, 6) is -2.31. The van der Waals surface area contributed by atoms with Gasteiger partial charge in [-0.3, -0.25) is 4.79 Å². The van der Waals surface area contributed by atoms with Crippen molar-refractivity contribution in [3.8, 4) is 5.75 Å². The van der Waals surface area contributed by atoms with Crippen LogP contribution in [-0.4, -0.2) is 88.2 Å². The Morgan fingerprint density at radius 2 is 1.74 bits per heavy atom. The number of likely N-dealkylation sites (N-methyl/N-ethyl adjacent to an activating group) is 1. The summed E-state index contributed by atoms with van der Waals surface area (Å²) in [6.07, 6.45) is 0.601. The van der Waals surface area contributed by atoms with Crippen LogP contribution in [0.5, 0.6) is 5.75 Å². The zero-order chi connectivity index (χ0) is 33.7. The average molecular weight is 672 g/mol. The van der Waals surface area contributed by atoms with Gasteiger partial charge in [0.15, 0.2) is 5.82 Å². The van der Waals surface area contributed by atoms with Crippen LogP contribution >= 0.6 is 0 Å². The van der Waals surface area contributed by atoms with E-state index < -0.39 is 38.4 Å². The Balaban J connectivity index is 1.53. The van der Waals surface area contributed by atoms with E-state index in [-0.39, 0.29) is 39.8 Å². The lowest BCUT2D eigenvalue weighted by molar-refractivity contribution is 0.0904. The summed E-state index contributed by atoms with van der Waals surface area (Å²) < 4.78 is 72.0. The molecule has 250 valence electrons. The van der Waals surface area contributed by atoms with Gasteiger partial charge in [-0.2, -0.15) is 4.68 Å². The number of sulfone groups is 1. The van der Waals surface area contributed by atoms with Crippen molar-refractivity contribution in [3.63, 3.8) is 0 Å². The first kappa shape index (κ1) is 33.8. The lowest BCUT2D eigenvalue weighted by atomic mass is 10.1. The van der Waals surface area contributed by atoms with Crippen LogP contribution in [0.1, 0.15) is 30.1 Å². The van der Waals surface area contributed by atoms with Crippen LogP contribution in [0.2, 0.25) is 0 Å². The number of aromatic nitrogens is 2. The van der Waals surface area contributed by atoms with Gasteiger partial charge in [0.1, 0.15) is 24.0 Å². The molecule has 1 fully saturated rings. The second-order valence-corrected chi connectivity index (χ2v) is 13.0. The third kappa shape index (κ3) is 7.86. The van der Waals surface area contributed by atoms with E-state index in [1.165, 1.54) is 18.2 Å². The summed E-state index contributed by atoms with van der Waals surface area (Å²) in [4.78, 5) is 27.6. The predicted molar refractivity (Wildman–Crippen MR) is 170 cm³/mol. The van der Waals surface area contributed by atoms with Gasteiger partial charge >= 0.3 is 6.09 Å². The van der Waals surface area contributed by atoms with E-state index >= 15 is 0 Å². The Hall–Kier alpha value is -4.60. The molecule has 4 aromatic rings. The summed E-state index contributed by atoms with van der Waals surface area (Å²) in [5, 5.41) is 10.4. The number of anilines is 2. The number of halogens is 2. The molecule has 1 amide bonds. The number of benzene rings is 3. The molecule has 0 unspecified atom stereocenters. The fourth-order valence-electron chi connectivity index (χ4n) is 5.01. The van der Waals surface area contributed by atoms with E-state index in [0.717, 1.165) is 17.5 Å². The molecule has 0 radical (unpaired) electrons. The number of ether oxygens (including phenoxy) is 3. The van der Waals surface area contributed by atoms with Crippen LogP contribution in [-0.2, 0) is 19.3 Å². The highest BCUT2D eigenvalue weighted by molar-refractivity contribution is 7.91. The van der Waals surface area contributed by atoms with E-state index in [9.17, 15) is 26.8 Å². The van der Waals surface area contributed by atoms with Gasteiger partial charge in [-0.15, -0.1) is 5.10 Å². The van der Waals surface area contributed by atoms with Crippen molar-refractivity contribution in [3.05, 3.63) is 71.8 Å². The fraction of sp³-hybridized carbons (Fsp3) is 0.344. The molecule has 12 nitrogen and oxygen atoms in total. The van der Waals surface area contributed by atoms with Crippen molar-refractivity contribution in [2.45, 2.75) is 35.6 Å². The second-order valence-electron chi connectivity index (χ2n) is 11.1.